The lowest BCUT2D eigenvalue weighted by atomic mass is 10.3. The molecule has 0 aliphatic heterocycles. The third kappa shape index (κ3) is 2.82. The highest BCUT2D eigenvalue weighted by Gasteiger charge is 2.14. The third-order valence-electron chi connectivity index (χ3n) is 3.11. The number of para-hydroxylation sites is 1. The molecular weight excluding hydrogens is 350 g/mol. The zero-order chi connectivity index (χ0) is 15.8. The zero-order valence-corrected chi connectivity index (χ0v) is 14.5. The van der Waals surface area contributed by atoms with Gasteiger partial charge in [-0.2, -0.15) is 0 Å². The highest BCUT2D eigenvalue weighted by molar-refractivity contribution is 7.99. The summed E-state index contributed by atoms with van der Waals surface area (Å²) in [6.45, 7) is 1.90. The summed E-state index contributed by atoms with van der Waals surface area (Å²) < 4.78 is 3.15. The molecule has 0 bridgehead atoms. The number of hydrogen-bond acceptors (Lipinski definition) is 7. The van der Waals surface area contributed by atoms with Crippen LogP contribution in [-0.4, -0.2) is 31.2 Å². The Morgan fingerprint density at radius 1 is 1.35 bits per heavy atom. The molecule has 6 nitrogen and oxygen atoms in total. The molecule has 1 amide bonds. The number of thiazole rings is 2. The van der Waals surface area contributed by atoms with Crippen LogP contribution in [-0.2, 0) is 4.79 Å². The molecule has 0 atom stereocenters. The molecule has 3 aromatic heterocycles. The molecule has 0 saturated carbocycles. The number of aryl methyl sites for hydroxylation is 1. The average Bonchev–Trinajstić information content (AvgIpc) is 3.20. The molecule has 4 aromatic rings. The monoisotopic (exact) mass is 361 g/mol. The zero-order valence-electron chi connectivity index (χ0n) is 12.0. The van der Waals surface area contributed by atoms with Crippen LogP contribution in [0.25, 0.3) is 15.2 Å². The lowest BCUT2D eigenvalue weighted by Gasteiger charge is -2.00. The van der Waals surface area contributed by atoms with Gasteiger partial charge in [0.15, 0.2) is 10.3 Å². The number of rotatable bonds is 4. The van der Waals surface area contributed by atoms with Crippen molar-refractivity contribution in [2.24, 2.45) is 0 Å². The molecule has 23 heavy (non-hydrogen) atoms. The first-order chi connectivity index (χ1) is 11.2. The highest BCUT2D eigenvalue weighted by Crippen LogP contribution is 2.29. The van der Waals surface area contributed by atoms with Crippen LogP contribution in [0.1, 0.15) is 5.69 Å². The minimum atomic E-state index is -0.0966. The van der Waals surface area contributed by atoms with Crippen LogP contribution in [0.4, 0.5) is 5.13 Å². The van der Waals surface area contributed by atoms with Gasteiger partial charge in [-0.15, -0.1) is 21.5 Å². The summed E-state index contributed by atoms with van der Waals surface area (Å²) in [5, 5.41) is 14.4. The molecule has 1 N–H and O–H groups in total. The molecule has 3 heterocycles. The highest BCUT2D eigenvalue weighted by atomic mass is 32.2. The predicted octanol–water partition coefficient (Wildman–Crippen LogP) is 3.44. The van der Waals surface area contributed by atoms with Crippen LogP contribution in [0.2, 0.25) is 0 Å². The molecule has 9 heteroatoms. The van der Waals surface area contributed by atoms with Crippen molar-refractivity contribution in [1.82, 2.24) is 19.6 Å². The summed E-state index contributed by atoms with van der Waals surface area (Å²) in [6, 6.07) is 8.08. The van der Waals surface area contributed by atoms with E-state index in [0.717, 1.165) is 26.0 Å². The number of nitrogens with zero attached hydrogens (tertiary/aromatic N) is 4. The Hall–Kier alpha value is -1.97. The molecule has 4 rings (SSSR count). The number of amides is 1. The second-order valence-electron chi connectivity index (χ2n) is 4.80. The van der Waals surface area contributed by atoms with Gasteiger partial charge in [-0.25, -0.2) is 4.98 Å². The maximum Gasteiger partial charge on any atom is 0.236 e. The van der Waals surface area contributed by atoms with Gasteiger partial charge in [0.05, 0.1) is 21.7 Å². The summed E-state index contributed by atoms with van der Waals surface area (Å²) in [4.78, 5) is 17.1. The largest absolute Gasteiger partial charge is 0.301 e. The fourth-order valence-corrected chi connectivity index (χ4v) is 4.62. The van der Waals surface area contributed by atoms with Crippen molar-refractivity contribution in [2.45, 2.75) is 12.1 Å². The van der Waals surface area contributed by atoms with Crippen molar-refractivity contribution in [3.05, 3.63) is 35.3 Å². The fraction of sp³-hybridized carbons (Fsp3) is 0.143. The molecule has 0 radical (unpaired) electrons. The number of nitrogens with one attached hydrogen (secondary N) is 1. The van der Waals surface area contributed by atoms with Crippen molar-refractivity contribution < 1.29 is 4.79 Å². The lowest BCUT2D eigenvalue weighted by molar-refractivity contribution is -0.113. The first-order valence-corrected chi connectivity index (χ1v) is 9.46. The molecule has 0 fully saturated rings. The average molecular weight is 361 g/mol. The van der Waals surface area contributed by atoms with Crippen LogP contribution in [0.15, 0.2) is 34.8 Å². The number of carbonyl (C=O) groups excluding carboxylic acids is 1. The van der Waals surface area contributed by atoms with Crippen LogP contribution >= 0.6 is 34.4 Å². The summed E-state index contributed by atoms with van der Waals surface area (Å²) in [7, 11) is 0. The molecule has 0 saturated heterocycles. The van der Waals surface area contributed by atoms with Crippen LogP contribution in [0.3, 0.4) is 0 Å². The van der Waals surface area contributed by atoms with E-state index in [0.29, 0.717) is 5.13 Å². The first kappa shape index (κ1) is 14.6. The normalized spacial score (nSPS) is 11.3. The van der Waals surface area contributed by atoms with Crippen molar-refractivity contribution in [1.29, 1.82) is 0 Å². The van der Waals surface area contributed by atoms with Crippen molar-refractivity contribution >= 4 is 60.7 Å². The molecule has 0 spiro atoms. The minimum Gasteiger partial charge on any atom is -0.301 e. The summed E-state index contributed by atoms with van der Waals surface area (Å²) in [6.07, 6.45) is 0. The van der Waals surface area contributed by atoms with Crippen LogP contribution < -0.4 is 5.32 Å². The van der Waals surface area contributed by atoms with Crippen LogP contribution in [0.5, 0.6) is 0 Å². The Bertz CT molecular complexity index is 1000. The van der Waals surface area contributed by atoms with E-state index >= 15 is 0 Å². The Kier molecular flexibility index (Phi) is 3.76. The Labute approximate surface area is 143 Å². The van der Waals surface area contributed by atoms with Gasteiger partial charge in [0.2, 0.25) is 10.9 Å². The number of hydrogen-bond donors (Lipinski definition) is 1. The van der Waals surface area contributed by atoms with Crippen molar-refractivity contribution in [2.75, 3.05) is 11.1 Å². The molecule has 0 aliphatic carbocycles. The number of fused-ring (bicyclic) bond motifs is 3. The fourth-order valence-electron chi connectivity index (χ4n) is 2.15. The summed E-state index contributed by atoms with van der Waals surface area (Å²) >= 11 is 4.38. The van der Waals surface area contributed by atoms with Gasteiger partial charge in [0.1, 0.15) is 0 Å². The summed E-state index contributed by atoms with van der Waals surface area (Å²) in [5.41, 5.74) is 1.97. The second kappa shape index (κ2) is 5.91. The Morgan fingerprint density at radius 3 is 3.04 bits per heavy atom. The van der Waals surface area contributed by atoms with Crippen molar-refractivity contribution in [3.63, 3.8) is 0 Å². The van der Waals surface area contributed by atoms with E-state index in [9.17, 15) is 4.79 Å². The van der Waals surface area contributed by atoms with E-state index in [1.54, 1.807) is 11.3 Å². The van der Waals surface area contributed by atoms with E-state index in [1.165, 1.54) is 23.1 Å². The predicted molar refractivity (Wildman–Crippen MR) is 94.6 cm³/mol. The van der Waals surface area contributed by atoms with Crippen LogP contribution in [0, 0.1) is 6.92 Å². The molecule has 0 unspecified atom stereocenters. The van der Waals surface area contributed by atoms with E-state index < -0.39 is 0 Å². The lowest BCUT2D eigenvalue weighted by Crippen LogP contribution is -2.14. The number of carbonyl (C=O) groups is 1. The first-order valence-electron chi connectivity index (χ1n) is 6.78. The van der Waals surface area contributed by atoms with Gasteiger partial charge in [0, 0.05) is 5.38 Å². The summed E-state index contributed by atoms with van der Waals surface area (Å²) in [5.74, 6) is 0.171. The van der Waals surface area contributed by atoms with Gasteiger partial charge in [-0.3, -0.25) is 9.20 Å². The minimum absolute atomic E-state index is 0.0966. The smallest absolute Gasteiger partial charge is 0.236 e. The Balaban J connectivity index is 1.52. The molecule has 116 valence electrons. The number of anilines is 1. The van der Waals surface area contributed by atoms with E-state index in [1.807, 2.05) is 34.9 Å². The SMILES string of the molecule is Cc1csc(NC(=O)CSc2nnc3sc4ccccc4n23)n1. The van der Waals surface area contributed by atoms with Gasteiger partial charge < -0.3 is 5.32 Å². The van der Waals surface area contributed by atoms with E-state index in [4.69, 9.17) is 0 Å². The van der Waals surface area contributed by atoms with Gasteiger partial charge in [-0.1, -0.05) is 35.2 Å². The third-order valence-corrected chi connectivity index (χ3v) is 5.93. The topological polar surface area (TPSA) is 72.2 Å². The van der Waals surface area contributed by atoms with E-state index in [-0.39, 0.29) is 11.7 Å². The number of aromatic nitrogens is 4. The standard InChI is InChI=1S/C14H11N5OS3/c1-8-6-21-12(15-8)16-11(20)7-22-13-17-18-14-19(13)9-4-2-3-5-10(9)23-14/h2-6H,7H2,1H3,(H,15,16,20). The molecule has 0 aliphatic rings. The van der Waals surface area contributed by atoms with Gasteiger partial charge in [0.25, 0.3) is 0 Å². The van der Waals surface area contributed by atoms with Gasteiger partial charge >= 0.3 is 0 Å². The van der Waals surface area contributed by atoms with Gasteiger partial charge in [-0.05, 0) is 19.1 Å². The second-order valence-corrected chi connectivity index (χ2v) is 7.61. The number of thioether (sulfide) groups is 1. The molecular formula is C14H11N5OS3. The maximum atomic E-state index is 12.0. The quantitative estimate of drug-likeness (QED) is 0.564. The van der Waals surface area contributed by atoms with E-state index in [2.05, 4.69) is 26.6 Å². The molecule has 1 aromatic carbocycles. The Morgan fingerprint density at radius 2 is 2.22 bits per heavy atom. The maximum absolute atomic E-state index is 12.0. The van der Waals surface area contributed by atoms with Crippen molar-refractivity contribution in [3.8, 4) is 0 Å². The number of benzene rings is 1.